The minimum atomic E-state index is -0.310. The van der Waals surface area contributed by atoms with E-state index < -0.39 is 0 Å². The summed E-state index contributed by atoms with van der Waals surface area (Å²) in [5.74, 6) is 0.988. The first-order valence-electron chi connectivity index (χ1n) is 10.7. The van der Waals surface area contributed by atoms with Gasteiger partial charge in [-0.3, -0.25) is 9.59 Å². The minimum Gasteiger partial charge on any atom is -0.348 e. The van der Waals surface area contributed by atoms with Gasteiger partial charge in [0.1, 0.15) is 0 Å². The van der Waals surface area contributed by atoms with Gasteiger partial charge >= 0.3 is 0 Å². The van der Waals surface area contributed by atoms with Crippen LogP contribution in [0.3, 0.4) is 0 Å². The standard InChI is InChI=1S/C23H44N2O2/c1-10-23(6,15-13-22(4,5)20(27)24(7)8)14-12-21(2,3)18-11-16-25(9)19(26)17-18/h18H,10-17H2,1-9H3/t18-,23?/m1/s1. The van der Waals surface area contributed by atoms with Crippen LogP contribution in [-0.2, 0) is 9.59 Å². The van der Waals surface area contributed by atoms with E-state index in [9.17, 15) is 9.59 Å². The smallest absolute Gasteiger partial charge is 0.227 e. The van der Waals surface area contributed by atoms with E-state index in [4.69, 9.17) is 0 Å². The Bertz CT molecular complexity index is 524. The van der Waals surface area contributed by atoms with Gasteiger partial charge in [0.05, 0.1) is 0 Å². The van der Waals surface area contributed by atoms with Crippen LogP contribution < -0.4 is 0 Å². The van der Waals surface area contributed by atoms with Crippen LogP contribution >= 0.6 is 0 Å². The lowest BCUT2D eigenvalue weighted by atomic mass is 9.66. The number of nitrogens with zero attached hydrogens (tertiary/aromatic N) is 2. The number of hydrogen-bond acceptors (Lipinski definition) is 2. The fourth-order valence-corrected chi connectivity index (χ4v) is 4.24. The molecule has 27 heavy (non-hydrogen) atoms. The van der Waals surface area contributed by atoms with Gasteiger partial charge in [0.15, 0.2) is 0 Å². The van der Waals surface area contributed by atoms with Gasteiger partial charge in [-0.1, -0.05) is 48.0 Å². The molecule has 2 atom stereocenters. The first-order valence-corrected chi connectivity index (χ1v) is 10.7. The summed E-state index contributed by atoms with van der Waals surface area (Å²) in [5, 5.41) is 0. The first-order chi connectivity index (χ1) is 12.2. The van der Waals surface area contributed by atoms with Crippen LogP contribution in [0.5, 0.6) is 0 Å². The predicted octanol–water partition coefficient (Wildman–Crippen LogP) is 4.97. The maximum absolute atomic E-state index is 12.4. The molecule has 0 spiro atoms. The number of carbonyl (C=O) groups is 2. The Morgan fingerprint density at radius 3 is 2.11 bits per heavy atom. The minimum absolute atomic E-state index is 0.183. The molecule has 0 bridgehead atoms. The van der Waals surface area contributed by atoms with Gasteiger partial charge in [0, 0.05) is 39.5 Å². The van der Waals surface area contributed by atoms with Crippen molar-refractivity contribution in [2.75, 3.05) is 27.7 Å². The Hall–Kier alpha value is -1.06. The summed E-state index contributed by atoms with van der Waals surface area (Å²) >= 11 is 0. The van der Waals surface area contributed by atoms with Crippen molar-refractivity contribution >= 4 is 11.8 Å². The van der Waals surface area contributed by atoms with Gasteiger partial charge in [-0.2, -0.15) is 0 Å². The SMILES string of the molecule is CCC(C)(CCC(C)(C)C(=O)N(C)C)CCC(C)(C)[C@@H]1CCN(C)C(=O)C1. The molecule has 1 aliphatic heterocycles. The highest BCUT2D eigenvalue weighted by atomic mass is 16.2. The van der Waals surface area contributed by atoms with Gasteiger partial charge in [-0.05, 0) is 48.9 Å². The average Bonchev–Trinajstić information content (AvgIpc) is 2.60. The first kappa shape index (κ1) is 24.0. The van der Waals surface area contributed by atoms with Gasteiger partial charge in [0.25, 0.3) is 0 Å². The molecule has 0 radical (unpaired) electrons. The van der Waals surface area contributed by atoms with Crippen molar-refractivity contribution in [3.05, 3.63) is 0 Å². The predicted molar refractivity (Wildman–Crippen MR) is 113 cm³/mol. The van der Waals surface area contributed by atoms with Gasteiger partial charge < -0.3 is 9.80 Å². The molecule has 158 valence electrons. The fourth-order valence-electron chi connectivity index (χ4n) is 4.24. The van der Waals surface area contributed by atoms with Crippen LogP contribution in [0.2, 0.25) is 0 Å². The lowest BCUT2D eigenvalue weighted by Gasteiger charge is -2.42. The van der Waals surface area contributed by atoms with E-state index in [0.717, 1.165) is 45.1 Å². The molecule has 1 aliphatic rings. The van der Waals surface area contributed by atoms with E-state index in [2.05, 4.69) is 41.5 Å². The Kier molecular flexibility index (Phi) is 7.96. The fraction of sp³-hybridized carbons (Fsp3) is 0.913. The Balaban J connectivity index is 2.68. The van der Waals surface area contributed by atoms with E-state index in [1.165, 1.54) is 0 Å². The maximum Gasteiger partial charge on any atom is 0.227 e. The molecular formula is C23H44N2O2. The second-order valence-electron chi connectivity index (χ2n) is 10.7. The molecule has 0 aromatic rings. The highest BCUT2D eigenvalue weighted by Crippen LogP contribution is 2.44. The Morgan fingerprint density at radius 2 is 1.63 bits per heavy atom. The second kappa shape index (κ2) is 8.96. The highest BCUT2D eigenvalue weighted by molar-refractivity contribution is 5.81. The molecular weight excluding hydrogens is 336 g/mol. The van der Waals surface area contributed by atoms with E-state index in [1.54, 1.807) is 4.90 Å². The van der Waals surface area contributed by atoms with E-state index in [-0.39, 0.29) is 22.2 Å². The van der Waals surface area contributed by atoms with Crippen LogP contribution in [-0.4, -0.2) is 49.3 Å². The quantitative estimate of drug-likeness (QED) is 0.566. The van der Waals surface area contributed by atoms with E-state index >= 15 is 0 Å². The number of amides is 2. The van der Waals surface area contributed by atoms with Crippen LogP contribution in [0.4, 0.5) is 0 Å². The van der Waals surface area contributed by atoms with Crippen molar-refractivity contribution in [1.29, 1.82) is 0 Å². The van der Waals surface area contributed by atoms with E-state index in [1.807, 2.05) is 26.0 Å². The molecule has 0 aliphatic carbocycles. The third kappa shape index (κ3) is 6.50. The molecule has 0 aromatic heterocycles. The zero-order valence-corrected chi connectivity index (χ0v) is 19.4. The summed E-state index contributed by atoms with van der Waals surface area (Å²) in [6.45, 7) is 14.3. The summed E-state index contributed by atoms with van der Waals surface area (Å²) in [5.41, 5.74) is 0.120. The largest absolute Gasteiger partial charge is 0.348 e. The van der Waals surface area contributed by atoms with Gasteiger partial charge in [-0.25, -0.2) is 0 Å². The molecule has 2 amide bonds. The van der Waals surface area contributed by atoms with E-state index in [0.29, 0.717) is 18.2 Å². The van der Waals surface area contributed by atoms with Crippen LogP contribution in [0.25, 0.3) is 0 Å². The van der Waals surface area contributed by atoms with Crippen LogP contribution in [0, 0.1) is 22.2 Å². The van der Waals surface area contributed by atoms with Crippen molar-refractivity contribution in [3.8, 4) is 0 Å². The molecule has 1 fully saturated rings. The number of rotatable bonds is 9. The summed E-state index contributed by atoms with van der Waals surface area (Å²) in [6, 6.07) is 0. The normalized spacial score (nSPS) is 21.1. The third-order valence-corrected chi connectivity index (χ3v) is 7.33. The topological polar surface area (TPSA) is 40.6 Å². The average molecular weight is 381 g/mol. The zero-order valence-electron chi connectivity index (χ0n) is 19.4. The molecule has 0 aromatic carbocycles. The van der Waals surface area contributed by atoms with Crippen molar-refractivity contribution < 1.29 is 9.59 Å². The maximum atomic E-state index is 12.4. The van der Waals surface area contributed by atoms with Crippen LogP contribution in [0.1, 0.15) is 86.5 Å². The number of carbonyl (C=O) groups excluding carboxylic acids is 2. The van der Waals surface area contributed by atoms with Crippen molar-refractivity contribution in [1.82, 2.24) is 9.80 Å². The monoisotopic (exact) mass is 380 g/mol. The lowest BCUT2D eigenvalue weighted by molar-refractivity contribution is -0.138. The molecule has 0 N–H and O–H groups in total. The molecule has 1 rings (SSSR count). The number of piperidine rings is 1. The Labute approximate surface area is 168 Å². The van der Waals surface area contributed by atoms with Gasteiger partial charge in [-0.15, -0.1) is 0 Å². The molecule has 1 saturated heterocycles. The second-order valence-corrected chi connectivity index (χ2v) is 10.7. The Morgan fingerprint density at radius 1 is 1.07 bits per heavy atom. The lowest BCUT2D eigenvalue weighted by Crippen LogP contribution is -2.41. The summed E-state index contributed by atoms with van der Waals surface area (Å²) in [6.07, 6.45) is 7.21. The molecule has 0 saturated carbocycles. The number of likely N-dealkylation sites (tertiary alicyclic amines) is 1. The zero-order chi connectivity index (χ0) is 21.0. The summed E-state index contributed by atoms with van der Waals surface area (Å²) < 4.78 is 0. The van der Waals surface area contributed by atoms with Crippen molar-refractivity contribution in [2.24, 2.45) is 22.2 Å². The van der Waals surface area contributed by atoms with Crippen LogP contribution in [0.15, 0.2) is 0 Å². The molecule has 4 heteroatoms. The third-order valence-electron chi connectivity index (χ3n) is 7.33. The van der Waals surface area contributed by atoms with Crippen molar-refractivity contribution in [3.63, 3.8) is 0 Å². The summed E-state index contributed by atoms with van der Waals surface area (Å²) in [7, 11) is 5.60. The van der Waals surface area contributed by atoms with Crippen molar-refractivity contribution in [2.45, 2.75) is 86.5 Å². The highest BCUT2D eigenvalue weighted by Gasteiger charge is 2.37. The molecule has 1 heterocycles. The number of hydrogen-bond donors (Lipinski definition) is 0. The van der Waals surface area contributed by atoms with Gasteiger partial charge in [0.2, 0.25) is 11.8 Å². The molecule has 1 unspecified atom stereocenters. The summed E-state index contributed by atoms with van der Waals surface area (Å²) in [4.78, 5) is 28.2. The molecule has 4 nitrogen and oxygen atoms in total.